The molecule has 3 rings (SSSR count). The number of piperazine rings is 1. The maximum Gasteiger partial charge on any atom is 0.246 e. The van der Waals surface area contributed by atoms with Crippen molar-refractivity contribution in [3.8, 4) is 0 Å². The summed E-state index contributed by atoms with van der Waals surface area (Å²) in [5.74, 6) is -0.141. The molecule has 0 radical (unpaired) electrons. The average Bonchev–Trinajstić information content (AvgIpc) is 2.91. The van der Waals surface area contributed by atoms with Crippen molar-refractivity contribution in [1.29, 1.82) is 0 Å². The number of carbonyl (C=O) groups is 1. The van der Waals surface area contributed by atoms with Crippen molar-refractivity contribution in [2.45, 2.75) is 18.7 Å². The highest BCUT2D eigenvalue weighted by molar-refractivity contribution is 7.89. The summed E-state index contributed by atoms with van der Waals surface area (Å²) in [5.41, 5.74) is 2.77. The first-order chi connectivity index (χ1) is 13.2. The lowest BCUT2D eigenvalue weighted by atomic mass is 10.2. The van der Waals surface area contributed by atoms with Gasteiger partial charge in [-0.15, -0.1) is 0 Å². The van der Waals surface area contributed by atoms with Crippen LogP contribution in [-0.4, -0.2) is 59.5 Å². The Bertz CT molecular complexity index is 1020. The summed E-state index contributed by atoms with van der Waals surface area (Å²) >= 11 is 6.05. The van der Waals surface area contributed by atoms with Gasteiger partial charge in [0.25, 0.3) is 0 Å². The number of aromatic nitrogens is 2. The van der Waals surface area contributed by atoms with Crippen LogP contribution in [0.15, 0.2) is 35.2 Å². The van der Waals surface area contributed by atoms with Crippen molar-refractivity contribution in [2.24, 2.45) is 7.05 Å². The molecule has 1 aliphatic heterocycles. The minimum atomic E-state index is -3.67. The van der Waals surface area contributed by atoms with E-state index < -0.39 is 10.0 Å². The number of aryl methyl sites for hydroxylation is 2. The van der Waals surface area contributed by atoms with Gasteiger partial charge in [-0.1, -0.05) is 23.7 Å². The van der Waals surface area contributed by atoms with Gasteiger partial charge in [0.2, 0.25) is 15.9 Å². The predicted octanol–water partition coefficient (Wildman–Crippen LogP) is 2.24. The lowest BCUT2D eigenvalue weighted by Gasteiger charge is -2.33. The Labute approximate surface area is 170 Å². The number of amides is 1. The Balaban J connectivity index is 1.66. The van der Waals surface area contributed by atoms with Crippen LogP contribution in [0.25, 0.3) is 6.08 Å². The van der Waals surface area contributed by atoms with E-state index in [9.17, 15) is 13.2 Å². The summed E-state index contributed by atoms with van der Waals surface area (Å²) in [6.07, 6.45) is 3.29. The van der Waals surface area contributed by atoms with E-state index in [2.05, 4.69) is 5.10 Å². The van der Waals surface area contributed by atoms with Crippen molar-refractivity contribution >= 4 is 33.6 Å². The van der Waals surface area contributed by atoms with E-state index in [1.54, 1.807) is 33.9 Å². The molecule has 1 saturated heterocycles. The molecule has 0 aliphatic carbocycles. The average molecular weight is 423 g/mol. The Morgan fingerprint density at radius 1 is 1.14 bits per heavy atom. The van der Waals surface area contributed by atoms with Gasteiger partial charge in [-0.25, -0.2) is 8.42 Å². The number of halogens is 1. The molecule has 9 heteroatoms. The van der Waals surface area contributed by atoms with Crippen LogP contribution in [0.4, 0.5) is 0 Å². The summed E-state index contributed by atoms with van der Waals surface area (Å²) in [6, 6.07) is 6.39. The third-order valence-corrected chi connectivity index (χ3v) is 7.36. The number of hydrogen-bond acceptors (Lipinski definition) is 4. The van der Waals surface area contributed by atoms with Crippen LogP contribution in [0.5, 0.6) is 0 Å². The second-order valence-corrected chi connectivity index (χ2v) is 9.01. The molecule has 0 bridgehead atoms. The van der Waals surface area contributed by atoms with Gasteiger partial charge in [0.1, 0.15) is 4.90 Å². The van der Waals surface area contributed by atoms with Gasteiger partial charge in [0.05, 0.1) is 10.7 Å². The molecule has 1 aromatic heterocycles. The summed E-state index contributed by atoms with van der Waals surface area (Å²) in [4.78, 5) is 14.2. The summed E-state index contributed by atoms with van der Waals surface area (Å²) in [7, 11) is -1.81. The largest absolute Gasteiger partial charge is 0.337 e. The van der Waals surface area contributed by atoms with Crippen LogP contribution in [0.2, 0.25) is 5.02 Å². The fourth-order valence-electron chi connectivity index (χ4n) is 3.23. The smallest absolute Gasteiger partial charge is 0.246 e. The van der Waals surface area contributed by atoms with Crippen molar-refractivity contribution in [3.63, 3.8) is 0 Å². The van der Waals surface area contributed by atoms with Gasteiger partial charge in [0, 0.05) is 50.6 Å². The minimum absolute atomic E-state index is 0.0962. The monoisotopic (exact) mass is 422 g/mol. The quantitative estimate of drug-likeness (QED) is 0.708. The van der Waals surface area contributed by atoms with E-state index in [1.165, 1.54) is 16.4 Å². The lowest BCUT2D eigenvalue weighted by molar-refractivity contribution is -0.127. The molecule has 2 heterocycles. The molecule has 0 unspecified atom stereocenters. The number of hydrogen-bond donors (Lipinski definition) is 0. The Kier molecular flexibility index (Phi) is 5.92. The third-order valence-electron chi connectivity index (χ3n) is 4.96. The zero-order valence-corrected chi connectivity index (χ0v) is 17.7. The van der Waals surface area contributed by atoms with E-state index in [1.807, 2.05) is 20.9 Å². The van der Waals surface area contributed by atoms with Gasteiger partial charge >= 0.3 is 0 Å². The van der Waals surface area contributed by atoms with E-state index in [4.69, 9.17) is 11.6 Å². The first-order valence-corrected chi connectivity index (χ1v) is 10.8. The highest BCUT2D eigenvalue weighted by Gasteiger charge is 2.30. The molecule has 7 nitrogen and oxygen atoms in total. The number of nitrogens with zero attached hydrogens (tertiary/aromatic N) is 4. The Morgan fingerprint density at radius 3 is 2.36 bits per heavy atom. The Hall–Kier alpha value is -2.16. The van der Waals surface area contributed by atoms with E-state index >= 15 is 0 Å². The Morgan fingerprint density at radius 2 is 1.79 bits per heavy atom. The van der Waals surface area contributed by atoms with Crippen molar-refractivity contribution in [3.05, 3.63) is 52.3 Å². The molecular formula is C19H23ClN4O3S. The summed E-state index contributed by atoms with van der Waals surface area (Å²) in [6.45, 7) is 4.98. The highest BCUT2D eigenvalue weighted by Crippen LogP contribution is 2.25. The molecule has 1 amide bonds. The zero-order valence-electron chi connectivity index (χ0n) is 16.1. The van der Waals surface area contributed by atoms with Crippen molar-refractivity contribution in [1.82, 2.24) is 19.0 Å². The summed E-state index contributed by atoms with van der Waals surface area (Å²) in [5, 5.41) is 4.53. The molecule has 0 atom stereocenters. The normalized spacial score (nSPS) is 16.1. The first-order valence-electron chi connectivity index (χ1n) is 8.93. The van der Waals surface area contributed by atoms with Crippen LogP contribution in [0, 0.1) is 13.8 Å². The van der Waals surface area contributed by atoms with Crippen LogP contribution in [0.1, 0.15) is 17.0 Å². The second-order valence-electron chi connectivity index (χ2n) is 6.70. The molecule has 0 spiro atoms. The van der Waals surface area contributed by atoms with Crippen LogP contribution < -0.4 is 0 Å². The fourth-order valence-corrected chi connectivity index (χ4v) is 5.15. The predicted molar refractivity (Wildman–Crippen MR) is 109 cm³/mol. The first kappa shape index (κ1) is 20.6. The van der Waals surface area contributed by atoms with E-state index in [-0.39, 0.29) is 28.9 Å². The molecule has 0 saturated carbocycles. The molecule has 1 fully saturated rings. The molecule has 1 aromatic carbocycles. The number of rotatable bonds is 4. The molecule has 28 heavy (non-hydrogen) atoms. The zero-order chi connectivity index (χ0) is 20.5. The van der Waals surface area contributed by atoms with Gasteiger partial charge in [0.15, 0.2) is 0 Å². The van der Waals surface area contributed by atoms with E-state index in [0.29, 0.717) is 13.1 Å². The molecule has 0 N–H and O–H groups in total. The van der Waals surface area contributed by atoms with Crippen molar-refractivity contribution in [2.75, 3.05) is 26.2 Å². The van der Waals surface area contributed by atoms with Crippen LogP contribution >= 0.6 is 11.6 Å². The standard InChI is InChI=1S/C19H23ClN4O3S/c1-14-16(15(2)22(3)21-14)8-9-19(25)23-10-12-24(13-11-23)28(26,27)18-7-5-4-6-17(18)20/h4-9H,10-13H2,1-3H3/b9-8+. The van der Waals surface area contributed by atoms with Crippen molar-refractivity contribution < 1.29 is 13.2 Å². The third kappa shape index (κ3) is 3.99. The van der Waals surface area contributed by atoms with Gasteiger partial charge in [-0.05, 0) is 32.1 Å². The number of benzene rings is 1. The minimum Gasteiger partial charge on any atom is -0.337 e. The second kappa shape index (κ2) is 8.06. The lowest BCUT2D eigenvalue weighted by Crippen LogP contribution is -2.50. The molecule has 2 aromatic rings. The van der Waals surface area contributed by atoms with E-state index in [0.717, 1.165) is 17.0 Å². The maximum atomic E-state index is 12.8. The topological polar surface area (TPSA) is 75.5 Å². The van der Waals surface area contributed by atoms with Gasteiger partial charge in [-0.3, -0.25) is 9.48 Å². The number of carbonyl (C=O) groups excluding carboxylic acids is 1. The highest BCUT2D eigenvalue weighted by atomic mass is 35.5. The molecule has 1 aliphatic rings. The fraction of sp³-hybridized carbons (Fsp3) is 0.368. The van der Waals surface area contributed by atoms with Gasteiger partial charge < -0.3 is 4.90 Å². The molecule has 150 valence electrons. The summed E-state index contributed by atoms with van der Waals surface area (Å²) < 4.78 is 28.7. The maximum absolute atomic E-state index is 12.8. The number of sulfonamides is 1. The SMILES string of the molecule is Cc1nn(C)c(C)c1/C=C/C(=O)N1CCN(S(=O)(=O)c2ccccc2Cl)CC1. The van der Waals surface area contributed by atoms with Crippen LogP contribution in [-0.2, 0) is 21.9 Å². The van der Waals surface area contributed by atoms with Gasteiger partial charge in [-0.2, -0.15) is 9.40 Å². The van der Waals surface area contributed by atoms with Crippen LogP contribution in [0.3, 0.4) is 0 Å². The molecular weight excluding hydrogens is 400 g/mol.